The lowest BCUT2D eigenvalue weighted by Gasteiger charge is -2.34. The molecule has 2 rings (SSSR count). The van der Waals surface area contributed by atoms with Crippen LogP contribution in [-0.4, -0.2) is 56.1 Å². The Morgan fingerprint density at radius 3 is 2.50 bits per heavy atom. The Labute approximate surface area is 115 Å². The van der Waals surface area contributed by atoms with Crippen molar-refractivity contribution < 1.29 is 0 Å². The van der Waals surface area contributed by atoms with Gasteiger partial charge in [-0.1, -0.05) is 29.8 Å². The Bertz CT molecular complexity index is 375. The summed E-state index contributed by atoms with van der Waals surface area (Å²) < 4.78 is 0. The van der Waals surface area contributed by atoms with Crippen molar-refractivity contribution in [3.63, 3.8) is 0 Å². The SMILES string of the molecule is CN1CCN(CC(CN)c2ccccc2Cl)CC1. The van der Waals surface area contributed by atoms with Gasteiger partial charge in [-0.2, -0.15) is 0 Å². The lowest BCUT2D eigenvalue weighted by Crippen LogP contribution is -2.46. The minimum atomic E-state index is 0.335. The van der Waals surface area contributed by atoms with Gasteiger partial charge in [0.15, 0.2) is 0 Å². The van der Waals surface area contributed by atoms with Crippen molar-refractivity contribution in [3.05, 3.63) is 34.9 Å². The molecule has 4 heteroatoms. The molecule has 1 atom stereocenters. The zero-order chi connectivity index (χ0) is 13.0. The number of benzene rings is 1. The van der Waals surface area contributed by atoms with Crippen molar-refractivity contribution in [3.8, 4) is 0 Å². The lowest BCUT2D eigenvalue weighted by molar-refractivity contribution is 0.147. The molecule has 1 fully saturated rings. The zero-order valence-corrected chi connectivity index (χ0v) is 11.7. The van der Waals surface area contributed by atoms with Crippen LogP contribution in [0.2, 0.25) is 5.02 Å². The standard InChI is InChI=1S/C14H22ClN3/c1-17-6-8-18(9-7-17)11-12(10-16)13-4-2-3-5-14(13)15/h2-5,12H,6-11,16H2,1H3. The highest BCUT2D eigenvalue weighted by Gasteiger charge is 2.19. The molecular weight excluding hydrogens is 246 g/mol. The van der Waals surface area contributed by atoms with Crippen molar-refractivity contribution in [1.29, 1.82) is 0 Å². The topological polar surface area (TPSA) is 32.5 Å². The summed E-state index contributed by atoms with van der Waals surface area (Å²) >= 11 is 6.26. The van der Waals surface area contributed by atoms with E-state index in [2.05, 4.69) is 22.9 Å². The third kappa shape index (κ3) is 3.45. The number of rotatable bonds is 4. The minimum absolute atomic E-state index is 0.335. The van der Waals surface area contributed by atoms with E-state index in [4.69, 9.17) is 17.3 Å². The number of piperazine rings is 1. The van der Waals surface area contributed by atoms with E-state index >= 15 is 0 Å². The Kier molecular flexibility index (Phi) is 5.01. The van der Waals surface area contributed by atoms with Gasteiger partial charge in [-0.3, -0.25) is 0 Å². The quantitative estimate of drug-likeness (QED) is 0.900. The predicted octanol–water partition coefficient (Wildman–Crippen LogP) is 1.63. The molecule has 1 aromatic rings. The molecule has 18 heavy (non-hydrogen) atoms. The zero-order valence-electron chi connectivity index (χ0n) is 11.0. The molecule has 100 valence electrons. The van der Waals surface area contributed by atoms with Gasteiger partial charge in [0.1, 0.15) is 0 Å². The van der Waals surface area contributed by atoms with Crippen LogP contribution < -0.4 is 5.73 Å². The summed E-state index contributed by atoms with van der Waals surface area (Å²) in [6.07, 6.45) is 0. The van der Waals surface area contributed by atoms with Crippen LogP contribution in [0.5, 0.6) is 0 Å². The Morgan fingerprint density at radius 1 is 1.22 bits per heavy atom. The first-order valence-electron chi connectivity index (χ1n) is 6.56. The normalized spacial score (nSPS) is 19.9. The van der Waals surface area contributed by atoms with Crippen molar-refractivity contribution in [2.75, 3.05) is 46.3 Å². The summed E-state index contributed by atoms with van der Waals surface area (Å²) in [6.45, 7) is 6.18. The predicted molar refractivity (Wildman–Crippen MR) is 77.2 cm³/mol. The second-order valence-electron chi connectivity index (χ2n) is 5.06. The van der Waals surface area contributed by atoms with Crippen LogP contribution in [0.25, 0.3) is 0 Å². The molecule has 0 radical (unpaired) electrons. The van der Waals surface area contributed by atoms with Gasteiger partial charge >= 0.3 is 0 Å². The molecule has 2 N–H and O–H groups in total. The molecule has 3 nitrogen and oxygen atoms in total. The molecule has 0 amide bonds. The fourth-order valence-electron chi connectivity index (χ4n) is 2.45. The fourth-order valence-corrected chi connectivity index (χ4v) is 2.74. The second kappa shape index (κ2) is 6.53. The highest BCUT2D eigenvalue weighted by molar-refractivity contribution is 6.31. The molecule has 1 saturated heterocycles. The number of hydrogen-bond acceptors (Lipinski definition) is 3. The molecule has 1 heterocycles. The fraction of sp³-hybridized carbons (Fsp3) is 0.571. The van der Waals surface area contributed by atoms with Gasteiger partial charge in [0.25, 0.3) is 0 Å². The van der Waals surface area contributed by atoms with Crippen LogP contribution in [0.4, 0.5) is 0 Å². The maximum atomic E-state index is 6.26. The molecule has 0 spiro atoms. The minimum Gasteiger partial charge on any atom is -0.330 e. The molecule has 1 unspecified atom stereocenters. The van der Waals surface area contributed by atoms with Gasteiger partial charge in [-0.05, 0) is 18.7 Å². The molecule has 1 aliphatic rings. The average molecular weight is 268 g/mol. The summed E-state index contributed by atoms with van der Waals surface area (Å²) in [4.78, 5) is 4.85. The van der Waals surface area contributed by atoms with Crippen LogP contribution in [0.1, 0.15) is 11.5 Å². The molecule has 1 aromatic carbocycles. The number of likely N-dealkylation sites (N-methyl/N-ethyl adjacent to an activating group) is 1. The molecule has 0 bridgehead atoms. The number of nitrogens with zero attached hydrogens (tertiary/aromatic N) is 2. The maximum absolute atomic E-state index is 6.26. The van der Waals surface area contributed by atoms with E-state index in [1.54, 1.807) is 0 Å². The van der Waals surface area contributed by atoms with Crippen molar-refractivity contribution in [1.82, 2.24) is 9.80 Å². The summed E-state index contributed by atoms with van der Waals surface area (Å²) in [5, 5.41) is 0.835. The monoisotopic (exact) mass is 267 g/mol. The van der Waals surface area contributed by atoms with E-state index in [1.165, 1.54) is 5.56 Å². The van der Waals surface area contributed by atoms with Crippen LogP contribution in [0.3, 0.4) is 0 Å². The molecular formula is C14H22ClN3. The highest BCUT2D eigenvalue weighted by atomic mass is 35.5. The summed E-state index contributed by atoms with van der Waals surface area (Å²) in [6, 6.07) is 8.04. The smallest absolute Gasteiger partial charge is 0.0441 e. The summed E-state index contributed by atoms with van der Waals surface area (Å²) in [5.41, 5.74) is 7.10. The Balaban J connectivity index is 1.99. The highest BCUT2D eigenvalue weighted by Crippen LogP contribution is 2.24. The third-order valence-corrected chi connectivity index (χ3v) is 4.05. The third-order valence-electron chi connectivity index (χ3n) is 3.70. The van der Waals surface area contributed by atoms with E-state index in [1.807, 2.05) is 18.2 Å². The number of hydrogen-bond donors (Lipinski definition) is 1. The van der Waals surface area contributed by atoms with E-state index in [0.29, 0.717) is 12.5 Å². The first-order chi connectivity index (χ1) is 8.70. The van der Waals surface area contributed by atoms with Gasteiger partial charge in [0.05, 0.1) is 0 Å². The number of nitrogens with two attached hydrogens (primary N) is 1. The number of halogens is 1. The average Bonchev–Trinajstić information content (AvgIpc) is 2.39. The van der Waals surface area contributed by atoms with E-state index in [0.717, 1.165) is 37.7 Å². The summed E-state index contributed by atoms with van der Waals surface area (Å²) in [5.74, 6) is 0.335. The van der Waals surface area contributed by atoms with Crippen LogP contribution in [0.15, 0.2) is 24.3 Å². The van der Waals surface area contributed by atoms with Crippen LogP contribution >= 0.6 is 11.6 Å². The summed E-state index contributed by atoms with van der Waals surface area (Å²) in [7, 11) is 2.17. The van der Waals surface area contributed by atoms with Gasteiger partial charge in [0, 0.05) is 50.2 Å². The van der Waals surface area contributed by atoms with Crippen LogP contribution in [-0.2, 0) is 0 Å². The first-order valence-corrected chi connectivity index (χ1v) is 6.94. The van der Waals surface area contributed by atoms with Gasteiger partial charge in [-0.15, -0.1) is 0 Å². The van der Waals surface area contributed by atoms with Crippen molar-refractivity contribution in [2.45, 2.75) is 5.92 Å². The maximum Gasteiger partial charge on any atom is 0.0441 e. The molecule has 0 aromatic heterocycles. The molecule has 1 aliphatic heterocycles. The van der Waals surface area contributed by atoms with Gasteiger partial charge in [-0.25, -0.2) is 0 Å². The van der Waals surface area contributed by atoms with E-state index in [-0.39, 0.29) is 0 Å². The van der Waals surface area contributed by atoms with E-state index < -0.39 is 0 Å². The van der Waals surface area contributed by atoms with Crippen molar-refractivity contribution >= 4 is 11.6 Å². The van der Waals surface area contributed by atoms with E-state index in [9.17, 15) is 0 Å². The largest absolute Gasteiger partial charge is 0.330 e. The first kappa shape index (κ1) is 13.8. The van der Waals surface area contributed by atoms with Crippen molar-refractivity contribution in [2.24, 2.45) is 5.73 Å². The van der Waals surface area contributed by atoms with Crippen LogP contribution in [0, 0.1) is 0 Å². The molecule has 0 aliphatic carbocycles. The van der Waals surface area contributed by atoms with Gasteiger partial charge < -0.3 is 15.5 Å². The lowest BCUT2D eigenvalue weighted by atomic mass is 9.98. The van der Waals surface area contributed by atoms with Gasteiger partial charge in [0.2, 0.25) is 0 Å². The Hall–Kier alpha value is -0.610. The Morgan fingerprint density at radius 2 is 1.89 bits per heavy atom. The molecule has 0 saturated carbocycles. The second-order valence-corrected chi connectivity index (χ2v) is 5.47.